The predicted molar refractivity (Wildman–Crippen MR) is 82.7 cm³/mol. The summed E-state index contributed by atoms with van der Waals surface area (Å²) in [6, 6.07) is 5.08. The summed E-state index contributed by atoms with van der Waals surface area (Å²) in [4.78, 5) is 11.6. The average molecular weight is 294 g/mol. The first-order valence-corrected chi connectivity index (χ1v) is 7.19. The van der Waals surface area contributed by atoms with Gasteiger partial charge in [0.1, 0.15) is 5.60 Å². The van der Waals surface area contributed by atoms with Crippen molar-refractivity contribution in [3.63, 3.8) is 0 Å². The Balaban J connectivity index is 2.68. The zero-order valence-corrected chi connectivity index (χ0v) is 13.8. The second-order valence-corrected chi connectivity index (χ2v) is 7.43. The molecule has 0 atom stereocenters. The Morgan fingerprint density at radius 2 is 1.76 bits per heavy atom. The lowest BCUT2D eigenvalue weighted by atomic mass is 9.89. The number of carbonyl (C=O) groups is 1. The number of benzene rings is 1. The Labute approximate surface area is 127 Å². The maximum absolute atomic E-state index is 11.6. The normalized spacial score (nSPS) is 12.1. The van der Waals surface area contributed by atoms with Crippen LogP contribution in [0.15, 0.2) is 18.2 Å². The van der Waals surface area contributed by atoms with Crippen molar-refractivity contribution < 1.29 is 19.4 Å². The molecule has 1 rings (SSSR count). The van der Waals surface area contributed by atoms with E-state index in [-0.39, 0.29) is 16.9 Å². The molecule has 0 aliphatic heterocycles. The summed E-state index contributed by atoms with van der Waals surface area (Å²) in [5, 5.41) is 9.94. The van der Waals surface area contributed by atoms with Crippen molar-refractivity contribution in [2.45, 2.75) is 60.0 Å². The van der Waals surface area contributed by atoms with Crippen LogP contribution in [0, 0.1) is 5.41 Å². The van der Waals surface area contributed by atoms with Crippen molar-refractivity contribution in [2.24, 2.45) is 5.41 Å². The molecular formula is C17H26O4. The van der Waals surface area contributed by atoms with E-state index >= 15 is 0 Å². The molecule has 0 aliphatic carbocycles. The minimum absolute atomic E-state index is 0.0488. The van der Waals surface area contributed by atoms with Crippen molar-refractivity contribution in [2.75, 3.05) is 0 Å². The lowest BCUT2D eigenvalue weighted by Gasteiger charge is -2.19. The Bertz CT molecular complexity index is 492. The van der Waals surface area contributed by atoms with Gasteiger partial charge in [-0.1, -0.05) is 26.8 Å². The van der Waals surface area contributed by atoms with Crippen LogP contribution in [0.1, 0.15) is 53.5 Å². The predicted octanol–water partition coefficient (Wildman–Crippen LogP) is 4.68. The summed E-state index contributed by atoms with van der Waals surface area (Å²) in [5.41, 5.74) is 0.625. The van der Waals surface area contributed by atoms with Gasteiger partial charge in [-0.3, -0.25) is 0 Å². The number of hydrogen-bond acceptors (Lipinski definition) is 4. The van der Waals surface area contributed by atoms with Crippen molar-refractivity contribution in [3.8, 4) is 11.5 Å². The van der Waals surface area contributed by atoms with E-state index < -0.39 is 11.8 Å². The summed E-state index contributed by atoms with van der Waals surface area (Å²) in [6.45, 7) is 11.8. The molecule has 4 nitrogen and oxygen atoms in total. The van der Waals surface area contributed by atoms with Gasteiger partial charge in [0, 0.05) is 0 Å². The van der Waals surface area contributed by atoms with Crippen molar-refractivity contribution in [3.05, 3.63) is 23.8 Å². The SMILES string of the molecule is CC(C)(C)CCc1ccc(OC(=O)OC(C)(C)C)c(O)c1. The topological polar surface area (TPSA) is 55.8 Å². The van der Waals surface area contributed by atoms with Gasteiger partial charge in [-0.05, 0) is 56.7 Å². The molecule has 118 valence electrons. The molecule has 0 aliphatic rings. The van der Waals surface area contributed by atoms with E-state index in [4.69, 9.17) is 9.47 Å². The highest BCUT2D eigenvalue weighted by molar-refractivity contribution is 5.65. The number of aromatic hydroxyl groups is 1. The van der Waals surface area contributed by atoms with E-state index in [1.165, 1.54) is 0 Å². The molecule has 1 N–H and O–H groups in total. The van der Waals surface area contributed by atoms with Gasteiger partial charge in [0.2, 0.25) is 0 Å². The number of carbonyl (C=O) groups excluding carboxylic acids is 1. The molecule has 0 spiro atoms. The van der Waals surface area contributed by atoms with E-state index in [0.29, 0.717) is 0 Å². The minimum atomic E-state index is -0.819. The van der Waals surface area contributed by atoms with Crippen LogP contribution in [-0.2, 0) is 11.2 Å². The highest BCUT2D eigenvalue weighted by Gasteiger charge is 2.19. The van der Waals surface area contributed by atoms with Crippen molar-refractivity contribution in [1.82, 2.24) is 0 Å². The van der Waals surface area contributed by atoms with Crippen LogP contribution in [0.25, 0.3) is 0 Å². The Hall–Kier alpha value is -1.71. The molecule has 1 aromatic carbocycles. The molecule has 0 bridgehead atoms. The van der Waals surface area contributed by atoms with Crippen LogP contribution in [0.5, 0.6) is 11.5 Å². The lowest BCUT2D eigenvalue weighted by molar-refractivity contribution is 0.0200. The van der Waals surface area contributed by atoms with Crippen LogP contribution < -0.4 is 4.74 Å². The molecule has 0 heterocycles. The van der Waals surface area contributed by atoms with Crippen molar-refractivity contribution in [1.29, 1.82) is 0 Å². The summed E-state index contributed by atoms with van der Waals surface area (Å²) in [6.07, 6.45) is 1.06. The van der Waals surface area contributed by atoms with Crippen LogP contribution >= 0.6 is 0 Å². The third kappa shape index (κ3) is 7.02. The van der Waals surface area contributed by atoms with Gasteiger partial charge >= 0.3 is 6.16 Å². The summed E-state index contributed by atoms with van der Waals surface area (Å²) in [5.74, 6) is 0.0658. The maximum Gasteiger partial charge on any atom is 0.514 e. The van der Waals surface area contributed by atoms with Crippen LogP contribution in [-0.4, -0.2) is 16.9 Å². The fourth-order valence-corrected chi connectivity index (χ4v) is 1.68. The molecule has 0 fully saturated rings. The minimum Gasteiger partial charge on any atom is -0.504 e. The third-order valence-electron chi connectivity index (χ3n) is 2.77. The van der Waals surface area contributed by atoms with E-state index in [1.54, 1.807) is 32.9 Å². The number of hydrogen-bond donors (Lipinski definition) is 1. The Morgan fingerprint density at radius 1 is 1.14 bits per heavy atom. The molecule has 0 saturated heterocycles. The fourth-order valence-electron chi connectivity index (χ4n) is 1.68. The zero-order chi connectivity index (χ0) is 16.3. The number of aryl methyl sites for hydroxylation is 1. The zero-order valence-electron chi connectivity index (χ0n) is 13.8. The van der Waals surface area contributed by atoms with Gasteiger partial charge in [0.25, 0.3) is 0 Å². The highest BCUT2D eigenvalue weighted by atomic mass is 16.7. The summed E-state index contributed by atoms with van der Waals surface area (Å²) in [7, 11) is 0. The van der Waals surface area contributed by atoms with E-state index in [1.807, 2.05) is 6.07 Å². The van der Waals surface area contributed by atoms with Gasteiger partial charge in [-0.25, -0.2) is 4.79 Å². The second-order valence-electron chi connectivity index (χ2n) is 7.43. The maximum atomic E-state index is 11.6. The molecule has 0 radical (unpaired) electrons. The summed E-state index contributed by atoms with van der Waals surface area (Å²) < 4.78 is 10.1. The monoisotopic (exact) mass is 294 g/mol. The molecule has 0 amide bonds. The quantitative estimate of drug-likeness (QED) is 0.649. The van der Waals surface area contributed by atoms with Gasteiger partial charge in [-0.2, -0.15) is 0 Å². The molecule has 0 saturated carbocycles. The van der Waals surface area contributed by atoms with Crippen LogP contribution in [0.2, 0.25) is 0 Å². The van der Waals surface area contributed by atoms with Gasteiger partial charge in [0.15, 0.2) is 11.5 Å². The fraction of sp³-hybridized carbons (Fsp3) is 0.588. The lowest BCUT2D eigenvalue weighted by Crippen LogP contribution is -2.26. The number of phenols is 1. The molecule has 0 unspecified atom stereocenters. The van der Waals surface area contributed by atoms with Crippen LogP contribution in [0.4, 0.5) is 4.79 Å². The Morgan fingerprint density at radius 3 is 2.24 bits per heavy atom. The van der Waals surface area contributed by atoms with E-state index in [9.17, 15) is 9.90 Å². The molecule has 1 aromatic rings. The molecule has 0 aromatic heterocycles. The van der Waals surface area contributed by atoms with Gasteiger partial charge in [0.05, 0.1) is 0 Å². The molecule has 4 heteroatoms. The number of phenolic OH excluding ortho intramolecular Hbond substituents is 1. The first kappa shape index (κ1) is 17.3. The second kappa shape index (κ2) is 6.37. The van der Waals surface area contributed by atoms with Gasteiger partial charge in [-0.15, -0.1) is 0 Å². The van der Waals surface area contributed by atoms with Crippen LogP contribution in [0.3, 0.4) is 0 Å². The average Bonchev–Trinajstić information content (AvgIpc) is 2.26. The first-order valence-electron chi connectivity index (χ1n) is 7.19. The first-order chi connectivity index (χ1) is 9.46. The van der Waals surface area contributed by atoms with E-state index in [2.05, 4.69) is 20.8 Å². The molecular weight excluding hydrogens is 268 g/mol. The summed E-state index contributed by atoms with van der Waals surface area (Å²) >= 11 is 0. The standard InChI is InChI=1S/C17H26O4/c1-16(2,3)10-9-12-7-8-14(13(18)11-12)20-15(19)21-17(4,5)6/h7-8,11,18H,9-10H2,1-6H3. The third-order valence-corrected chi connectivity index (χ3v) is 2.77. The van der Waals surface area contributed by atoms with Gasteiger partial charge < -0.3 is 14.6 Å². The molecule has 21 heavy (non-hydrogen) atoms. The number of ether oxygens (including phenoxy) is 2. The highest BCUT2D eigenvalue weighted by Crippen LogP contribution is 2.29. The van der Waals surface area contributed by atoms with E-state index in [0.717, 1.165) is 18.4 Å². The van der Waals surface area contributed by atoms with Crippen molar-refractivity contribution >= 4 is 6.16 Å². The smallest absolute Gasteiger partial charge is 0.504 e. The Kier molecular flexibility index (Phi) is 5.26. The largest absolute Gasteiger partial charge is 0.514 e. The number of rotatable bonds is 3.